The minimum Gasteiger partial charge on any atom is -0.377 e. The number of hydrogen-bond donors (Lipinski definition) is 2. The first-order valence-corrected chi connectivity index (χ1v) is 7.04. The van der Waals surface area contributed by atoms with E-state index >= 15 is 0 Å². The van der Waals surface area contributed by atoms with E-state index in [-0.39, 0.29) is 24.5 Å². The minimum absolute atomic E-state index is 0.0264. The number of amides is 2. The smallest absolute Gasteiger partial charge is 0.242 e. The molecule has 0 aromatic heterocycles. The molecule has 1 aliphatic heterocycles. The third-order valence-electron chi connectivity index (χ3n) is 4.13. The highest BCUT2D eigenvalue weighted by atomic mass is 16.5. The van der Waals surface area contributed by atoms with E-state index in [1.54, 1.807) is 4.90 Å². The topological polar surface area (TPSA) is 98.7 Å². The van der Waals surface area contributed by atoms with E-state index in [0.717, 1.165) is 32.1 Å². The number of carbonyl (C=O) groups is 2. The van der Waals surface area contributed by atoms with Gasteiger partial charge in [0.05, 0.1) is 19.1 Å². The Hall–Kier alpha value is -1.14. The SMILES string of the molecule is NC(=O)C1COCCN1C(=O)C1CCCCCC1N. The summed E-state index contributed by atoms with van der Waals surface area (Å²) in [5.41, 5.74) is 11.5. The van der Waals surface area contributed by atoms with Crippen molar-refractivity contribution in [1.82, 2.24) is 4.90 Å². The van der Waals surface area contributed by atoms with E-state index in [2.05, 4.69) is 0 Å². The van der Waals surface area contributed by atoms with Gasteiger partial charge in [-0.25, -0.2) is 0 Å². The van der Waals surface area contributed by atoms with Crippen molar-refractivity contribution in [3.05, 3.63) is 0 Å². The molecule has 1 saturated carbocycles. The first-order chi connectivity index (χ1) is 9.11. The molecule has 1 aliphatic carbocycles. The van der Waals surface area contributed by atoms with Gasteiger partial charge in [-0.3, -0.25) is 9.59 Å². The number of ether oxygens (including phenoxy) is 1. The van der Waals surface area contributed by atoms with Crippen LogP contribution in [0.25, 0.3) is 0 Å². The zero-order valence-corrected chi connectivity index (χ0v) is 11.2. The van der Waals surface area contributed by atoms with Gasteiger partial charge in [0.15, 0.2) is 0 Å². The third kappa shape index (κ3) is 3.25. The van der Waals surface area contributed by atoms with Gasteiger partial charge in [0.2, 0.25) is 11.8 Å². The maximum absolute atomic E-state index is 12.6. The van der Waals surface area contributed by atoms with Gasteiger partial charge in [-0.1, -0.05) is 19.3 Å². The molecule has 3 atom stereocenters. The van der Waals surface area contributed by atoms with Crippen LogP contribution in [0.1, 0.15) is 32.1 Å². The normalized spacial score (nSPS) is 32.7. The van der Waals surface area contributed by atoms with Crippen molar-refractivity contribution < 1.29 is 14.3 Å². The Morgan fingerprint density at radius 3 is 2.63 bits per heavy atom. The first kappa shape index (κ1) is 14.3. The zero-order chi connectivity index (χ0) is 13.8. The molecule has 2 fully saturated rings. The summed E-state index contributed by atoms with van der Waals surface area (Å²) in [5, 5.41) is 0. The number of nitrogens with two attached hydrogens (primary N) is 2. The molecule has 0 aromatic carbocycles. The highest BCUT2D eigenvalue weighted by molar-refractivity contribution is 5.88. The van der Waals surface area contributed by atoms with Gasteiger partial charge >= 0.3 is 0 Å². The summed E-state index contributed by atoms with van der Waals surface area (Å²) in [6.07, 6.45) is 4.91. The molecular formula is C13H23N3O3. The molecule has 1 saturated heterocycles. The molecule has 6 heteroatoms. The molecule has 3 unspecified atom stereocenters. The molecule has 0 spiro atoms. The Morgan fingerprint density at radius 2 is 1.89 bits per heavy atom. The highest BCUT2D eigenvalue weighted by Crippen LogP contribution is 2.25. The average molecular weight is 269 g/mol. The molecular weight excluding hydrogens is 246 g/mol. The van der Waals surface area contributed by atoms with E-state index < -0.39 is 11.9 Å². The van der Waals surface area contributed by atoms with Gasteiger partial charge in [0.1, 0.15) is 6.04 Å². The van der Waals surface area contributed by atoms with Crippen LogP contribution in [0.15, 0.2) is 0 Å². The Balaban J connectivity index is 2.09. The van der Waals surface area contributed by atoms with Crippen molar-refractivity contribution in [1.29, 1.82) is 0 Å². The zero-order valence-electron chi connectivity index (χ0n) is 11.2. The summed E-state index contributed by atoms with van der Waals surface area (Å²) in [5.74, 6) is -0.709. The molecule has 0 radical (unpaired) electrons. The lowest BCUT2D eigenvalue weighted by atomic mass is 9.93. The number of primary amides is 1. The lowest BCUT2D eigenvalue weighted by Crippen LogP contribution is -2.57. The number of rotatable bonds is 2. The van der Waals surface area contributed by atoms with Gasteiger partial charge in [0, 0.05) is 12.6 Å². The van der Waals surface area contributed by atoms with E-state index in [9.17, 15) is 9.59 Å². The standard InChI is InChI=1S/C13H23N3O3/c14-10-5-3-1-2-4-9(10)13(18)16-6-7-19-8-11(16)12(15)17/h9-11H,1-8,14H2,(H2,15,17). The Morgan fingerprint density at radius 1 is 1.16 bits per heavy atom. The molecule has 108 valence electrons. The number of hydrogen-bond acceptors (Lipinski definition) is 4. The second kappa shape index (κ2) is 6.34. The van der Waals surface area contributed by atoms with Crippen LogP contribution in [-0.2, 0) is 14.3 Å². The summed E-state index contributed by atoms with van der Waals surface area (Å²) in [7, 11) is 0. The van der Waals surface area contributed by atoms with Crippen LogP contribution in [0, 0.1) is 5.92 Å². The van der Waals surface area contributed by atoms with Crippen molar-refractivity contribution in [2.24, 2.45) is 17.4 Å². The monoisotopic (exact) mass is 269 g/mol. The lowest BCUT2D eigenvalue weighted by molar-refractivity contribution is -0.151. The number of morpholine rings is 1. The van der Waals surface area contributed by atoms with E-state index in [1.807, 2.05) is 0 Å². The Labute approximate surface area is 113 Å². The van der Waals surface area contributed by atoms with Gasteiger partial charge in [-0.05, 0) is 12.8 Å². The molecule has 2 amide bonds. The van der Waals surface area contributed by atoms with Crippen LogP contribution >= 0.6 is 0 Å². The quantitative estimate of drug-likeness (QED) is 0.667. The summed E-state index contributed by atoms with van der Waals surface area (Å²) in [6.45, 7) is 1.08. The fraction of sp³-hybridized carbons (Fsp3) is 0.846. The second-order valence-electron chi connectivity index (χ2n) is 5.43. The first-order valence-electron chi connectivity index (χ1n) is 7.04. The summed E-state index contributed by atoms with van der Waals surface area (Å²) >= 11 is 0. The van der Waals surface area contributed by atoms with Crippen molar-refractivity contribution in [2.75, 3.05) is 19.8 Å². The van der Waals surface area contributed by atoms with Gasteiger partial charge in [0.25, 0.3) is 0 Å². The molecule has 0 bridgehead atoms. The maximum Gasteiger partial charge on any atom is 0.242 e. The van der Waals surface area contributed by atoms with Crippen LogP contribution in [0.3, 0.4) is 0 Å². The van der Waals surface area contributed by atoms with Gasteiger partial charge in [-0.15, -0.1) is 0 Å². The van der Waals surface area contributed by atoms with Crippen molar-refractivity contribution in [2.45, 2.75) is 44.2 Å². The fourth-order valence-electron chi connectivity index (χ4n) is 2.96. The van der Waals surface area contributed by atoms with Gasteiger partial charge in [-0.2, -0.15) is 0 Å². The lowest BCUT2D eigenvalue weighted by Gasteiger charge is -2.36. The molecule has 19 heavy (non-hydrogen) atoms. The van der Waals surface area contributed by atoms with Crippen LogP contribution in [0.4, 0.5) is 0 Å². The maximum atomic E-state index is 12.6. The molecule has 2 rings (SSSR count). The van der Waals surface area contributed by atoms with E-state index in [4.69, 9.17) is 16.2 Å². The fourth-order valence-corrected chi connectivity index (χ4v) is 2.96. The minimum atomic E-state index is -0.642. The van der Waals surface area contributed by atoms with Crippen molar-refractivity contribution in [3.8, 4) is 0 Å². The second-order valence-corrected chi connectivity index (χ2v) is 5.43. The molecule has 1 heterocycles. The number of carbonyl (C=O) groups excluding carboxylic acids is 2. The summed E-state index contributed by atoms with van der Waals surface area (Å²) in [4.78, 5) is 25.6. The van der Waals surface area contributed by atoms with Crippen LogP contribution in [0.2, 0.25) is 0 Å². The van der Waals surface area contributed by atoms with Crippen molar-refractivity contribution in [3.63, 3.8) is 0 Å². The Kier molecular flexibility index (Phi) is 4.76. The van der Waals surface area contributed by atoms with Crippen molar-refractivity contribution >= 4 is 11.8 Å². The van der Waals surface area contributed by atoms with E-state index in [0.29, 0.717) is 13.2 Å². The van der Waals surface area contributed by atoms with E-state index in [1.165, 1.54) is 0 Å². The predicted molar refractivity (Wildman–Crippen MR) is 70.1 cm³/mol. The predicted octanol–water partition coefficient (Wildman–Crippen LogP) is -0.393. The van der Waals surface area contributed by atoms with Crippen LogP contribution in [-0.4, -0.2) is 48.6 Å². The average Bonchev–Trinajstić information content (AvgIpc) is 2.62. The largest absolute Gasteiger partial charge is 0.377 e. The Bertz CT molecular complexity index is 348. The highest BCUT2D eigenvalue weighted by Gasteiger charge is 2.37. The third-order valence-corrected chi connectivity index (χ3v) is 4.13. The molecule has 0 aromatic rings. The summed E-state index contributed by atoms with van der Waals surface area (Å²) < 4.78 is 5.24. The molecule has 4 N–H and O–H groups in total. The number of nitrogens with zero attached hydrogens (tertiary/aromatic N) is 1. The van der Waals surface area contributed by atoms with Crippen LogP contribution in [0.5, 0.6) is 0 Å². The van der Waals surface area contributed by atoms with Crippen LogP contribution < -0.4 is 11.5 Å². The van der Waals surface area contributed by atoms with Gasteiger partial charge < -0.3 is 21.1 Å². The molecule has 6 nitrogen and oxygen atoms in total. The molecule has 2 aliphatic rings. The summed E-state index contributed by atoms with van der Waals surface area (Å²) in [6, 6.07) is -0.747.